The van der Waals surface area contributed by atoms with Gasteiger partial charge in [-0.1, -0.05) is 32.4 Å². The SMILES string of the molecule is CC(C)c1ccc(S(=O)(=O)N2C[C@@H](C)N=C2N2CCN(C3CCC3)CC2)cc1. The first kappa shape index (κ1) is 19.7. The Hall–Kier alpha value is -1.60. The molecule has 0 spiro atoms. The van der Waals surface area contributed by atoms with Crippen molar-refractivity contribution in [1.29, 1.82) is 0 Å². The number of sulfonamides is 1. The molecule has 0 radical (unpaired) electrons. The number of benzene rings is 1. The van der Waals surface area contributed by atoms with Gasteiger partial charge in [-0.3, -0.25) is 4.90 Å². The Bertz CT molecular complexity index is 822. The van der Waals surface area contributed by atoms with Gasteiger partial charge < -0.3 is 4.90 Å². The first-order valence-corrected chi connectivity index (χ1v) is 12.0. The fourth-order valence-electron chi connectivity index (χ4n) is 4.26. The van der Waals surface area contributed by atoms with E-state index in [4.69, 9.17) is 4.99 Å². The van der Waals surface area contributed by atoms with Crippen LogP contribution in [0.4, 0.5) is 0 Å². The summed E-state index contributed by atoms with van der Waals surface area (Å²) in [7, 11) is -3.59. The highest BCUT2D eigenvalue weighted by molar-refractivity contribution is 7.89. The van der Waals surface area contributed by atoms with Gasteiger partial charge >= 0.3 is 0 Å². The minimum Gasteiger partial charge on any atom is -0.339 e. The number of aliphatic imine (C=N–C) groups is 1. The Morgan fingerprint density at radius 3 is 2.21 bits per heavy atom. The molecule has 1 aliphatic carbocycles. The maximum atomic E-state index is 13.4. The lowest BCUT2D eigenvalue weighted by molar-refractivity contribution is 0.0833. The second-order valence-corrected chi connectivity index (χ2v) is 10.5. The van der Waals surface area contributed by atoms with Gasteiger partial charge in [0.15, 0.2) is 0 Å². The number of guanidine groups is 1. The maximum absolute atomic E-state index is 13.4. The summed E-state index contributed by atoms with van der Waals surface area (Å²) in [5.41, 5.74) is 1.15. The molecule has 1 saturated carbocycles. The number of hydrogen-bond donors (Lipinski definition) is 0. The Morgan fingerprint density at radius 1 is 1.04 bits per heavy atom. The van der Waals surface area contributed by atoms with Crippen molar-refractivity contribution in [2.75, 3.05) is 32.7 Å². The van der Waals surface area contributed by atoms with Gasteiger partial charge in [-0.05, 0) is 43.4 Å². The number of rotatable bonds is 4. The van der Waals surface area contributed by atoms with E-state index in [1.165, 1.54) is 23.6 Å². The monoisotopic (exact) mass is 404 g/mol. The molecule has 2 heterocycles. The Morgan fingerprint density at radius 2 is 1.68 bits per heavy atom. The van der Waals surface area contributed by atoms with Crippen LogP contribution >= 0.6 is 0 Å². The predicted octanol–water partition coefficient (Wildman–Crippen LogP) is 2.73. The third kappa shape index (κ3) is 3.66. The molecule has 28 heavy (non-hydrogen) atoms. The minimum atomic E-state index is -3.59. The molecule has 2 aliphatic heterocycles. The summed E-state index contributed by atoms with van der Waals surface area (Å²) in [6.07, 6.45) is 3.96. The second kappa shape index (κ2) is 7.67. The summed E-state index contributed by atoms with van der Waals surface area (Å²) in [6, 6.07) is 8.05. The van der Waals surface area contributed by atoms with Gasteiger partial charge in [-0.15, -0.1) is 0 Å². The molecule has 0 aromatic heterocycles. The summed E-state index contributed by atoms with van der Waals surface area (Å²) in [4.78, 5) is 9.78. The molecule has 7 heteroatoms. The molecule has 3 aliphatic rings. The summed E-state index contributed by atoms with van der Waals surface area (Å²) in [5.74, 6) is 1.02. The van der Waals surface area contributed by atoms with Gasteiger partial charge in [0, 0.05) is 32.2 Å². The van der Waals surface area contributed by atoms with Crippen molar-refractivity contribution in [1.82, 2.24) is 14.1 Å². The zero-order chi connectivity index (χ0) is 19.9. The molecule has 1 aromatic carbocycles. The summed E-state index contributed by atoms with van der Waals surface area (Å²) in [6.45, 7) is 10.3. The lowest BCUT2D eigenvalue weighted by atomic mass is 9.91. The summed E-state index contributed by atoms with van der Waals surface area (Å²) >= 11 is 0. The molecular formula is C21H32N4O2S. The molecular weight excluding hydrogens is 372 g/mol. The van der Waals surface area contributed by atoms with Crippen LogP contribution in [0.1, 0.15) is 51.5 Å². The van der Waals surface area contributed by atoms with Crippen LogP contribution in [0.3, 0.4) is 0 Å². The highest BCUT2D eigenvalue weighted by atomic mass is 32.2. The third-order valence-corrected chi connectivity index (χ3v) is 8.07. The van der Waals surface area contributed by atoms with Crippen LogP contribution in [0.25, 0.3) is 0 Å². The molecule has 0 N–H and O–H groups in total. The van der Waals surface area contributed by atoms with E-state index in [0.29, 0.717) is 23.3 Å². The van der Waals surface area contributed by atoms with E-state index >= 15 is 0 Å². The quantitative estimate of drug-likeness (QED) is 0.774. The van der Waals surface area contributed by atoms with E-state index in [1.54, 1.807) is 12.1 Å². The predicted molar refractivity (Wildman–Crippen MR) is 112 cm³/mol. The zero-order valence-electron chi connectivity index (χ0n) is 17.2. The molecule has 1 saturated heterocycles. The van der Waals surface area contributed by atoms with E-state index < -0.39 is 10.0 Å². The van der Waals surface area contributed by atoms with Gasteiger partial charge in [0.25, 0.3) is 10.0 Å². The molecule has 6 nitrogen and oxygen atoms in total. The standard InChI is InChI=1S/C21H32N4O2S/c1-16(2)18-7-9-20(10-8-18)28(26,27)25-15-17(3)22-21(25)24-13-11-23(12-14-24)19-5-4-6-19/h7-10,16-17,19H,4-6,11-15H2,1-3H3/t17-/m1/s1. The summed E-state index contributed by atoms with van der Waals surface area (Å²) < 4.78 is 28.2. The van der Waals surface area contributed by atoms with Gasteiger partial charge in [0.05, 0.1) is 17.5 Å². The Labute approximate surface area is 169 Å². The fraction of sp³-hybridized carbons (Fsp3) is 0.667. The Kier molecular flexibility index (Phi) is 5.40. The number of piperazine rings is 1. The van der Waals surface area contributed by atoms with E-state index in [1.807, 2.05) is 19.1 Å². The molecule has 1 atom stereocenters. The smallest absolute Gasteiger partial charge is 0.266 e. The van der Waals surface area contributed by atoms with Crippen LogP contribution in [0.15, 0.2) is 34.2 Å². The first-order chi connectivity index (χ1) is 13.4. The topological polar surface area (TPSA) is 56.2 Å². The van der Waals surface area contributed by atoms with Gasteiger partial charge in [-0.2, -0.15) is 0 Å². The first-order valence-electron chi connectivity index (χ1n) is 10.6. The van der Waals surface area contributed by atoms with Crippen molar-refractivity contribution in [3.05, 3.63) is 29.8 Å². The highest BCUT2D eigenvalue weighted by Gasteiger charge is 2.38. The van der Waals surface area contributed by atoms with Gasteiger partial charge in [0.1, 0.15) is 0 Å². The van der Waals surface area contributed by atoms with Crippen LogP contribution in [-0.2, 0) is 10.0 Å². The number of hydrogen-bond acceptors (Lipinski definition) is 5. The fourth-order valence-corrected chi connectivity index (χ4v) is 5.78. The van der Waals surface area contributed by atoms with Crippen LogP contribution in [0, 0.1) is 0 Å². The number of nitrogens with zero attached hydrogens (tertiary/aromatic N) is 4. The highest BCUT2D eigenvalue weighted by Crippen LogP contribution is 2.28. The molecule has 0 unspecified atom stereocenters. The van der Waals surface area contributed by atoms with Crippen LogP contribution in [-0.4, -0.2) is 73.3 Å². The normalized spacial score (nSPS) is 24.6. The van der Waals surface area contributed by atoms with E-state index in [0.717, 1.165) is 37.8 Å². The van der Waals surface area contributed by atoms with Crippen LogP contribution in [0.2, 0.25) is 0 Å². The average molecular weight is 405 g/mol. The third-order valence-electron chi connectivity index (χ3n) is 6.31. The van der Waals surface area contributed by atoms with E-state index in [2.05, 4.69) is 23.6 Å². The average Bonchev–Trinajstić information content (AvgIpc) is 3.04. The van der Waals surface area contributed by atoms with Crippen LogP contribution in [0.5, 0.6) is 0 Å². The van der Waals surface area contributed by atoms with Crippen molar-refractivity contribution in [2.45, 2.75) is 62.9 Å². The van der Waals surface area contributed by atoms with Crippen molar-refractivity contribution < 1.29 is 8.42 Å². The molecule has 154 valence electrons. The molecule has 1 aromatic rings. The lowest BCUT2D eigenvalue weighted by Crippen LogP contribution is -2.56. The van der Waals surface area contributed by atoms with E-state index in [-0.39, 0.29) is 6.04 Å². The van der Waals surface area contributed by atoms with E-state index in [9.17, 15) is 8.42 Å². The van der Waals surface area contributed by atoms with Crippen LogP contribution < -0.4 is 0 Å². The van der Waals surface area contributed by atoms with Gasteiger partial charge in [-0.25, -0.2) is 17.7 Å². The van der Waals surface area contributed by atoms with Crippen molar-refractivity contribution >= 4 is 16.0 Å². The molecule has 4 rings (SSSR count). The lowest BCUT2D eigenvalue weighted by Gasteiger charge is -2.44. The zero-order valence-corrected chi connectivity index (χ0v) is 18.0. The molecule has 0 amide bonds. The largest absolute Gasteiger partial charge is 0.339 e. The molecule has 2 fully saturated rings. The van der Waals surface area contributed by atoms with Gasteiger partial charge in [0.2, 0.25) is 5.96 Å². The maximum Gasteiger partial charge on any atom is 0.266 e. The minimum absolute atomic E-state index is 0.00984. The van der Waals surface area contributed by atoms with Crippen molar-refractivity contribution in [3.63, 3.8) is 0 Å². The Balaban J connectivity index is 1.51. The summed E-state index contributed by atoms with van der Waals surface area (Å²) in [5, 5.41) is 0. The second-order valence-electron chi connectivity index (χ2n) is 8.65. The van der Waals surface area contributed by atoms with Crippen molar-refractivity contribution in [2.24, 2.45) is 4.99 Å². The molecule has 0 bridgehead atoms. The van der Waals surface area contributed by atoms with Crippen molar-refractivity contribution in [3.8, 4) is 0 Å².